The maximum atomic E-state index is 11.2. The molecule has 0 amide bonds. The molecule has 3 nitrogen and oxygen atoms in total. The quantitative estimate of drug-likeness (QED) is 0.757. The van der Waals surface area contributed by atoms with Gasteiger partial charge in [-0.1, -0.05) is 43.7 Å². The lowest BCUT2D eigenvalue weighted by atomic mass is 9.93. The lowest BCUT2D eigenvalue weighted by molar-refractivity contribution is -0.140. The van der Waals surface area contributed by atoms with E-state index in [1.165, 1.54) is 5.56 Å². The number of hydrogen-bond donors (Lipinski definition) is 2. The van der Waals surface area contributed by atoms with Crippen LogP contribution in [0.25, 0.3) is 0 Å². The molecule has 0 aromatic heterocycles. The molecule has 1 aromatic carbocycles. The van der Waals surface area contributed by atoms with Crippen LogP contribution in [-0.2, 0) is 11.2 Å². The van der Waals surface area contributed by atoms with Gasteiger partial charge in [0, 0.05) is 5.54 Å². The fraction of sp³-hybridized carbons (Fsp3) is 0.562. The van der Waals surface area contributed by atoms with Crippen molar-refractivity contribution >= 4 is 5.97 Å². The van der Waals surface area contributed by atoms with Crippen LogP contribution in [0.3, 0.4) is 0 Å². The normalized spacial score (nSPS) is 13.2. The minimum atomic E-state index is -0.755. The first-order chi connectivity index (χ1) is 8.94. The molecule has 0 saturated heterocycles. The molecular weight excluding hydrogens is 238 g/mol. The molecule has 0 aliphatic rings. The zero-order valence-electron chi connectivity index (χ0n) is 12.1. The van der Waals surface area contributed by atoms with Crippen LogP contribution in [-0.4, -0.2) is 22.7 Å². The third-order valence-electron chi connectivity index (χ3n) is 3.32. The summed E-state index contributed by atoms with van der Waals surface area (Å²) < 4.78 is 0. The van der Waals surface area contributed by atoms with Crippen molar-refractivity contribution in [3.05, 3.63) is 35.9 Å². The van der Waals surface area contributed by atoms with Crippen LogP contribution in [0.1, 0.15) is 45.6 Å². The lowest BCUT2D eigenvalue weighted by Gasteiger charge is -2.30. The fourth-order valence-corrected chi connectivity index (χ4v) is 2.19. The van der Waals surface area contributed by atoms with E-state index in [1.54, 1.807) is 0 Å². The highest BCUT2D eigenvalue weighted by molar-refractivity contribution is 5.73. The number of aryl methyl sites for hydroxylation is 1. The number of carbonyl (C=O) groups is 1. The van der Waals surface area contributed by atoms with Gasteiger partial charge in [-0.3, -0.25) is 10.1 Å². The average molecular weight is 263 g/mol. The zero-order chi connectivity index (χ0) is 14.3. The smallest absolute Gasteiger partial charge is 0.320 e. The molecule has 1 rings (SSSR count). The van der Waals surface area contributed by atoms with Crippen LogP contribution in [0.2, 0.25) is 0 Å². The van der Waals surface area contributed by atoms with E-state index in [0.717, 1.165) is 19.3 Å². The van der Waals surface area contributed by atoms with Crippen molar-refractivity contribution in [3.63, 3.8) is 0 Å². The van der Waals surface area contributed by atoms with Gasteiger partial charge in [-0.15, -0.1) is 0 Å². The number of carboxylic acids is 1. The molecule has 1 aromatic rings. The second-order valence-electron chi connectivity index (χ2n) is 5.69. The van der Waals surface area contributed by atoms with Gasteiger partial charge in [0.2, 0.25) is 0 Å². The van der Waals surface area contributed by atoms with Crippen molar-refractivity contribution < 1.29 is 9.90 Å². The van der Waals surface area contributed by atoms with Crippen LogP contribution in [0.15, 0.2) is 30.3 Å². The Morgan fingerprint density at radius 1 is 1.32 bits per heavy atom. The van der Waals surface area contributed by atoms with Gasteiger partial charge >= 0.3 is 5.97 Å². The van der Waals surface area contributed by atoms with Gasteiger partial charge in [0.1, 0.15) is 6.04 Å². The number of benzene rings is 1. The highest BCUT2D eigenvalue weighted by Gasteiger charge is 2.25. The van der Waals surface area contributed by atoms with Gasteiger partial charge in [0.25, 0.3) is 0 Å². The minimum absolute atomic E-state index is 0.173. The summed E-state index contributed by atoms with van der Waals surface area (Å²) in [6.45, 7) is 6.15. The summed E-state index contributed by atoms with van der Waals surface area (Å²) in [4.78, 5) is 11.2. The van der Waals surface area contributed by atoms with E-state index in [1.807, 2.05) is 25.1 Å². The van der Waals surface area contributed by atoms with E-state index in [-0.39, 0.29) is 5.54 Å². The second kappa shape index (κ2) is 7.29. The number of hydrogen-bond acceptors (Lipinski definition) is 2. The van der Waals surface area contributed by atoms with Gasteiger partial charge in [-0.05, 0) is 38.7 Å². The first kappa shape index (κ1) is 15.7. The summed E-state index contributed by atoms with van der Waals surface area (Å²) in [7, 11) is 0. The summed E-state index contributed by atoms with van der Waals surface area (Å²) in [6.07, 6.45) is 3.42. The van der Waals surface area contributed by atoms with Crippen molar-refractivity contribution in [2.75, 3.05) is 0 Å². The molecule has 3 heteroatoms. The van der Waals surface area contributed by atoms with Crippen LogP contribution in [0.4, 0.5) is 0 Å². The molecule has 0 fully saturated rings. The maximum Gasteiger partial charge on any atom is 0.320 e. The average Bonchev–Trinajstić information content (AvgIpc) is 2.37. The standard InChI is InChI=1S/C16H25NO2/c1-4-8-14(15(18)19)17-16(2,3)12-11-13-9-6-5-7-10-13/h5-7,9-10,14,17H,4,8,11-12H2,1-3H3,(H,18,19). The third kappa shape index (κ3) is 5.88. The predicted molar refractivity (Wildman–Crippen MR) is 78.3 cm³/mol. The molecule has 0 spiro atoms. The molecule has 1 atom stereocenters. The Kier molecular flexibility index (Phi) is 6.03. The Morgan fingerprint density at radius 3 is 2.47 bits per heavy atom. The lowest BCUT2D eigenvalue weighted by Crippen LogP contribution is -2.49. The Balaban J connectivity index is 2.52. The molecule has 0 aliphatic carbocycles. The Morgan fingerprint density at radius 2 is 1.95 bits per heavy atom. The molecule has 0 aliphatic heterocycles. The Bertz CT molecular complexity index is 387. The molecular formula is C16H25NO2. The number of aliphatic carboxylic acids is 1. The van der Waals surface area contributed by atoms with Gasteiger partial charge in [0.15, 0.2) is 0 Å². The van der Waals surface area contributed by atoms with E-state index < -0.39 is 12.0 Å². The van der Waals surface area contributed by atoms with E-state index in [0.29, 0.717) is 6.42 Å². The summed E-state index contributed by atoms with van der Waals surface area (Å²) in [5.74, 6) is -0.755. The van der Waals surface area contributed by atoms with Crippen molar-refractivity contribution in [2.45, 2.75) is 58.0 Å². The van der Waals surface area contributed by atoms with Gasteiger partial charge in [0.05, 0.1) is 0 Å². The molecule has 0 radical (unpaired) electrons. The summed E-state index contributed by atoms with van der Waals surface area (Å²) in [5.41, 5.74) is 1.12. The van der Waals surface area contributed by atoms with Gasteiger partial charge < -0.3 is 5.11 Å². The maximum absolute atomic E-state index is 11.2. The molecule has 0 saturated carbocycles. The second-order valence-corrected chi connectivity index (χ2v) is 5.69. The SMILES string of the molecule is CCCC(NC(C)(C)CCc1ccccc1)C(=O)O. The monoisotopic (exact) mass is 263 g/mol. The molecule has 0 bridgehead atoms. The van der Waals surface area contributed by atoms with Crippen LogP contribution in [0.5, 0.6) is 0 Å². The number of nitrogens with one attached hydrogen (secondary N) is 1. The van der Waals surface area contributed by atoms with Crippen LogP contribution in [0, 0.1) is 0 Å². The minimum Gasteiger partial charge on any atom is -0.480 e. The Hall–Kier alpha value is -1.35. The molecule has 1 unspecified atom stereocenters. The van der Waals surface area contributed by atoms with E-state index >= 15 is 0 Å². The molecule has 106 valence electrons. The van der Waals surface area contributed by atoms with E-state index in [2.05, 4.69) is 31.3 Å². The zero-order valence-corrected chi connectivity index (χ0v) is 12.1. The van der Waals surface area contributed by atoms with Crippen molar-refractivity contribution in [1.29, 1.82) is 0 Å². The highest BCUT2D eigenvalue weighted by atomic mass is 16.4. The van der Waals surface area contributed by atoms with Crippen molar-refractivity contribution in [2.24, 2.45) is 0 Å². The van der Waals surface area contributed by atoms with Crippen molar-refractivity contribution in [1.82, 2.24) is 5.32 Å². The highest BCUT2D eigenvalue weighted by Crippen LogP contribution is 2.15. The fourth-order valence-electron chi connectivity index (χ4n) is 2.19. The Labute approximate surface area is 116 Å². The number of carboxylic acid groups (broad SMARTS) is 1. The van der Waals surface area contributed by atoms with Crippen LogP contribution < -0.4 is 5.32 Å². The first-order valence-corrected chi connectivity index (χ1v) is 6.99. The third-order valence-corrected chi connectivity index (χ3v) is 3.32. The topological polar surface area (TPSA) is 49.3 Å². The summed E-state index contributed by atoms with van der Waals surface area (Å²) in [5, 5.41) is 12.5. The van der Waals surface area contributed by atoms with Crippen molar-refractivity contribution in [3.8, 4) is 0 Å². The predicted octanol–water partition coefficient (Wildman–Crippen LogP) is 3.24. The van der Waals surface area contributed by atoms with E-state index in [4.69, 9.17) is 0 Å². The molecule has 19 heavy (non-hydrogen) atoms. The van der Waals surface area contributed by atoms with Gasteiger partial charge in [-0.25, -0.2) is 0 Å². The molecule has 0 heterocycles. The van der Waals surface area contributed by atoms with Crippen LogP contribution >= 0.6 is 0 Å². The summed E-state index contributed by atoms with van der Waals surface area (Å²) >= 11 is 0. The largest absolute Gasteiger partial charge is 0.480 e. The first-order valence-electron chi connectivity index (χ1n) is 6.99. The van der Waals surface area contributed by atoms with E-state index in [9.17, 15) is 9.90 Å². The molecule has 2 N–H and O–H groups in total. The van der Waals surface area contributed by atoms with Gasteiger partial charge in [-0.2, -0.15) is 0 Å². The summed E-state index contributed by atoms with van der Waals surface area (Å²) in [6, 6.07) is 9.85. The number of rotatable bonds is 8.